The van der Waals surface area contributed by atoms with Crippen LogP contribution in [0.25, 0.3) is 0 Å². The van der Waals surface area contributed by atoms with E-state index in [1.54, 1.807) is 6.92 Å². The predicted octanol–water partition coefficient (Wildman–Crippen LogP) is -1.72. The molecule has 0 aliphatic rings. The van der Waals surface area contributed by atoms with Gasteiger partial charge in [0.1, 0.15) is 6.04 Å². The van der Waals surface area contributed by atoms with E-state index in [0.29, 0.717) is 0 Å². The van der Waals surface area contributed by atoms with Gasteiger partial charge >= 0.3 is 12.0 Å². The first-order valence-electron chi connectivity index (χ1n) is 5.71. The lowest BCUT2D eigenvalue weighted by atomic mass is 10.1. The number of carbonyl (C=O) groups excluding carboxylic acids is 2. The molecule has 0 saturated heterocycles. The molecule has 1 heterocycles. The van der Waals surface area contributed by atoms with Gasteiger partial charge in [-0.25, -0.2) is 9.59 Å². The smallest absolute Gasteiger partial charge is 0.326 e. The van der Waals surface area contributed by atoms with Gasteiger partial charge in [-0.1, -0.05) is 5.21 Å². The Hall–Kier alpha value is -2.72. The van der Waals surface area contributed by atoms with Gasteiger partial charge in [0.25, 0.3) is 0 Å². The lowest BCUT2D eigenvalue weighted by molar-refractivity contribution is -0.139. The van der Waals surface area contributed by atoms with Crippen LogP contribution in [0.5, 0.6) is 0 Å². The topological polar surface area (TPSA) is 176 Å². The van der Waals surface area contributed by atoms with Crippen LogP contribution in [-0.4, -0.2) is 49.7 Å². The summed E-state index contributed by atoms with van der Waals surface area (Å²) in [5.74, 6) is -1.64. The van der Waals surface area contributed by atoms with Crippen molar-refractivity contribution in [2.24, 2.45) is 5.73 Å². The van der Waals surface area contributed by atoms with Gasteiger partial charge in [0.15, 0.2) is 5.82 Å². The second kappa shape index (κ2) is 7.01. The molecule has 11 heteroatoms. The zero-order valence-electron chi connectivity index (χ0n) is 10.7. The summed E-state index contributed by atoms with van der Waals surface area (Å²) in [7, 11) is 0. The average molecular weight is 285 g/mol. The molecule has 0 aromatic carbocycles. The Bertz CT molecular complexity index is 475. The number of H-pyrrole nitrogens is 1. The molecule has 110 valence electrons. The van der Waals surface area contributed by atoms with Gasteiger partial charge in [0, 0.05) is 6.42 Å². The van der Waals surface area contributed by atoms with Crippen LogP contribution < -0.4 is 16.4 Å². The van der Waals surface area contributed by atoms with Gasteiger partial charge in [-0.05, 0) is 13.3 Å². The van der Waals surface area contributed by atoms with Crippen molar-refractivity contribution in [3.05, 3.63) is 5.82 Å². The van der Waals surface area contributed by atoms with E-state index in [2.05, 4.69) is 31.3 Å². The maximum atomic E-state index is 11.6. The highest BCUT2D eigenvalue weighted by Crippen LogP contribution is 2.03. The normalized spacial score (nSPS) is 13.2. The number of amides is 3. The number of hydrogen-bond acceptors (Lipinski definition) is 6. The number of aromatic nitrogens is 4. The quantitative estimate of drug-likeness (QED) is 0.395. The van der Waals surface area contributed by atoms with E-state index in [0.717, 1.165) is 0 Å². The predicted molar refractivity (Wildman–Crippen MR) is 64.1 cm³/mol. The number of nitrogens with one attached hydrogen (secondary N) is 3. The lowest BCUT2D eigenvalue weighted by Crippen LogP contribution is -2.47. The van der Waals surface area contributed by atoms with Crippen molar-refractivity contribution in [2.75, 3.05) is 0 Å². The number of aliphatic carboxylic acids is 1. The van der Waals surface area contributed by atoms with E-state index in [-0.39, 0.29) is 18.7 Å². The van der Waals surface area contributed by atoms with Gasteiger partial charge in [-0.3, -0.25) is 4.79 Å². The van der Waals surface area contributed by atoms with Gasteiger partial charge in [0.2, 0.25) is 5.91 Å². The molecule has 0 saturated carbocycles. The second-order valence-corrected chi connectivity index (χ2v) is 4.01. The molecule has 1 aromatic heterocycles. The summed E-state index contributed by atoms with van der Waals surface area (Å²) >= 11 is 0. The molecule has 0 bridgehead atoms. The minimum absolute atomic E-state index is 0.0886. The first-order valence-corrected chi connectivity index (χ1v) is 5.71. The standard InChI is InChI=1S/C9H15N7O4/c1-4(7-13-15-16-14-7)11-9(20)12-5(8(18)19)2-3-6(10)17/h4-5H,2-3H2,1H3,(H2,10,17)(H,18,19)(H2,11,12,20)(H,13,14,15,16)/t4?,5-/m1/s1. The Kier molecular flexibility index (Phi) is 5.38. The van der Waals surface area contributed by atoms with Crippen LogP contribution in [0.2, 0.25) is 0 Å². The molecule has 2 atom stereocenters. The van der Waals surface area contributed by atoms with Crippen LogP contribution in [-0.2, 0) is 9.59 Å². The summed E-state index contributed by atoms with van der Waals surface area (Å²) < 4.78 is 0. The molecule has 6 N–H and O–H groups in total. The summed E-state index contributed by atoms with van der Waals surface area (Å²) in [6.07, 6.45) is -0.230. The van der Waals surface area contributed by atoms with E-state index < -0.39 is 30.0 Å². The Morgan fingerprint density at radius 2 is 2.10 bits per heavy atom. The number of urea groups is 1. The van der Waals surface area contributed by atoms with Crippen LogP contribution in [0.4, 0.5) is 4.79 Å². The van der Waals surface area contributed by atoms with Crippen molar-refractivity contribution in [1.29, 1.82) is 0 Å². The average Bonchev–Trinajstić information content (AvgIpc) is 2.87. The fraction of sp³-hybridized carbons (Fsp3) is 0.556. The van der Waals surface area contributed by atoms with E-state index in [1.807, 2.05) is 0 Å². The van der Waals surface area contributed by atoms with E-state index in [9.17, 15) is 14.4 Å². The highest BCUT2D eigenvalue weighted by atomic mass is 16.4. The highest BCUT2D eigenvalue weighted by Gasteiger charge is 2.22. The number of aromatic amines is 1. The SMILES string of the molecule is CC(NC(=O)N[C@H](CCC(N)=O)C(=O)O)c1nn[nH]n1. The van der Waals surface area contributed by atoms with Gasteiger partial charge in [-0.2, -0.15) is 5.21 Å². The molecule has 11 nitrogen and oxygen atoms in total. The van der Waals surface area contributed by atoms with Crippen LogP contribution in [0, 0.1) is 0 Å². The van der Waals surface area contributed by atoms with Crippen molar-refractivity contribution in [3.63, 3.8) is 0 Å². The van der Waals surface area contributed by atoms with Crippen LogP contribution in [0.15, 0.2) is 0 Å². The number of primary amides is 1. The molecule has 20 heavy (non-hydrogen) atoms. The second-order valence-electron chi connectivity index (χ2n) is 4.01. The Balaban J connectivity index is 2.49. The molecule has 0 spiro atoms. The highest BCUT2D eigenvalue weighted by molar-refractivity contribution is 5.83. The summed E-state index contributed by atoms with van der Waals surface area (Å²) in [4.78, 5) is 33.2. The third-order valence-electron chi connectivity index (χ3n) is 2.38. The molecule has 1 rings (SSSR count). The number of nitrogens with zero attached hydrogens (tertiary/aromatic N) is 3. The number of carbonyl (C=O) groups is 3. The summed E-state index contributed by atoms with van der Waals surface area (Å²) in [6.45, 7) is 1.60. The number of nitrogens with two attached hydrogens (primary N) is 1. The third kappa shape index (κ3) is 4.88. The van der Waals surface area contributed by atoms with Crippen molar-refractivity contribution in [3.8, 4) is 0 Å². The van der Waals surface area contributed by atoms with E-state index >= 15 is 0 Å². The number of rotatable bonds is 7. The minimum Gasteiger partial charge on any atom is -0.480 e. The van der Waals surface area contributed by atoms with Gasteiger partial charge in [0.05, 0.1) is 6.04 Å². The number of hydrogen-bond donors (Lipinski definition) is 5. The van der Waals surface area contributed by atoms with Crippen molar-refractivity contribution >= 4 is 17.9 Å². The molecule has 0 fully saturated rings. The van der Waals surface area contributed by atoms with Crippen LogP contribution in [0.3, 0.4) is 0 Å². The first-order chi connectivity index (χ1) is 9.40. The summed E-state index contributed by atoms with van der Waals surface area (Å²) in [5, 5.41) is 26.5. The largest absolute Gasteiger partial charge is 0.480 e. The first kappa shape index (κ1) is 15.3. The fourth-order valence-electron chi connectivity index (χ4n) is 1.36. The molecule has 0 aliphatic carbocycles. The Morgan fingerprint density at radius 1 is 1.40 bits per heavy atom. The van der Waals surface area contributed by atoms with E-state index in [1.165, 1.54) is 0 Å². The molecule has 1 aromatic rings. The van der Waals surface area contributed by atoms with Crippen molar-refractivity contribution in [2.45, 2.75) is 31.8 Å². The molecule has 3 amide bonds. The maximum absolute atomic E-state index is 11.6. The third-order valence-corrected chi connectivity index (χ3v) is 2.38. The van der Waals surface area contributed by atoms with Gasteiger partial charge in [-0.15, -0.1) is 10.2 Å². The minimum atomic E-state index is -1.26. The summed E-state index contributed by atoms with van der Waals surface area (Å²) in [5.41, 5.74) is 4.93. The summed E-state index contributed by atoms with van der Waals surface area (Å²) in [6, 6.07) is -2.49. The zero-order valence-corrected chi connectivity index (χ0v) is 10.7. The maximum Gasteiger partial charge on any atom is 0.326 e. The number of carboxylic acids is 1. The fourth-order valence-corrected chi connectivity index (χ4v) is 1.36. The van der Waals surface area contributed by atoms with Gasteiger partial charge < -0.3 is 21.5 Å². The Labute approximate surface area is 113 Å². The zero-order chi connectivity index (χ0) is 15.1. The molecule has 0 aliphatic heterocycles. The van der Waals surface area contributed by atoms with Crippen LogP contribution >= 0.6 is 0 Å². The molecular formula is C9H15N7O4. The van der Waals surface area contributed by atoms with Crippen LogP contribution in [0.1, 0.15) is 31.6 Å². The lowest BCUT2D eigenvalue weighted by Gasteiger charge is -2.16. The van der Waals surface area contributed by atoms with Crippen molar-refractivity contribution in [1.82, 2.24) is 31.3 Å². The Morgan fingerprint density at radius 3 is 2.60 bits per heavy atom. The number of carboxylic acid groups (broad SMARTS) is 1. The molecule has 0 radical (unpaired) electrons. The van der Waals surface area contributed by atoms with E-state index in [4.69, 9.17) is 10.8 Å². The monoisotopic (exact) mass is 285 g/mol. The number of tetrazole rings is 1. The molecular weight excluding hydrogens is 270 g/mol. The van der Waals surface area contributed by atoms with Crippen molar-refractivity contribution < 1.29 is 19.5 Å². The molecule has 1 unspecified atom stereocenters.